The number of amides is 2. The molecule has 1 N–H and O–H groups in total. The zero-order valence-corrected chi connectivity index (χ0v) is 33.4. The summed E-state index contributed by atoms with van der Waals surface area (Å²) in [6.07, 6.45) is 1.03. The highest BCUT2D eigenvalue weighted by Crippen LogP contribution is 2.41. The van der Waals surface area contributed by atoms with Crippen molar-refractivity contribution in [1.29, 1.82) is 0 Å². The van der Waals surface area contributed by atoms with E-state index >= 15 is 4.79 Å². The average Bonchev–Trinajstić information content (AvgIpc) is 4.17. The lowest BCUT2D eigenvalue weighted by Crippen LogP contribution is -2.52. The van der Waals surface area contributed by atoms with E-state index in [1.165, 1.54) is 0 Å². The lowest BCUT2D eigenvalue weighted by atomic mass is 9.76. The average molecular weight is 781 g/mol. The van der Waals surface area contributed by atoms with Gasteiger partial charge in [0.05, 0.1) is 37.2 Å². The first-order valence-electron chi connectivity index (χ1n) is 20.6. The van der Waals surface area contributed by atoms with Gasteiger partial charge in [-0.25, -0.2) is 4.79 Å². The van der Waals surface area contributed by atoms with Crippen molar-refractivity contribution in [2.75, 3.05) is 30.9 Å². The first-order chi connectivity index (χ1) is 28.2. The Balaban J connectivity index is 1.10. The SMILES string of the molecule is CB(O)n1nc(N(B2CO2)B2CO2)c2cc(CN3C(=O)N(CCCOCc4ccccc4)[C@H](Cc4ccccc4)[C@@H]4OC(C)(C)O[C@H]4[C@H]3Cc3ccccc3)ccc21. The van der Waals surface area contributed by atoms with Gasteiger partial charge in [-0.2, -0.15) is 5.10 Å². The van der Waals surface area contributed by atoms with Gasteiger partial charge in [0.2, 0.25) is 0 Å². The molecule has 4 fully saturated rings. The summed E-state index contributed by atoms with van der Waals surface area (Å²) in [7, 11) is -1.12. The van der Waals surface area contributed by atoms with Gasteiger partial charge in [-0.15, -0.1) is 0 Å². The topological polar surface area (TPSA) is 118 Å². The minimum atomic E-state index is -0.863. The fourth-order valence-electron chi connectivity index (χ4n) is 8.74. The molecule has 12 nitrogen and oxygen atoms in total. The molecule has 0 radical (unpaired) electrons. The number of fused-ring (bicyclic) bond motifs is 2. The summed E-state index contributed by atoms with van der Waals surface area (Å²) in [5.74, 6) is -0.168. The van der Waals surface area contributed by atoms with Gasteiger partial charge in [-0.3, -0.25) is 4.59 Å². The maximum atomic E-state index is 15.6. The molecule has 4 aliphatic rings. The number of carbonyl (C=O) groups excluding carboxylic acids is 1. The van der Waals surface area contributed by atoms with Crippen molar-refractivity contribution in [3.8, 4) is 0 Å². The number of benzene rings is 4. The molecule has 0 unspecified atom stereocenters. The molecule has 0 saturated carbocycles. The number of hydrogen-bond acceptors (Lipinski definition) is 9. The van der Waals surface area contributed by atoms with Crippen LogP contribution < -0.4 is 4.72 Å². The number of anilines is 1. The van der Waals surface area contributed by atoms with Crippen LogP contribution in [-0.2, 0) is 49.5 Å². The minimum Gasteiger partial charge on any atom is -0.431 e. The van der Waals surface area contributed by atoms with Crippen LogP contribution in [0.5, 0.6) is 0 Å². The molecule has 4 aromatic carbocycles. The molecule has 4 saturated heterocycles. The lowest BCUT2D eigenvalue weighted by Gasteiger charge is -2.37. The highest BCUT2D eigenvalue weighted by atomic mass is 16.8. The van der Waals surface area contributed by atoms with Crippen molar-refractivity contribution >= 4 is 43.9 Å². The van der Waals surface area contributed by atoms with Crippen LogP contribution in [0, 0.1) is 0 Å². The second-order valence-electron chi connectivity index (χ2n) is 16.3. The molecule has 5 heterocycles. The van der Waals surface area contributed by atoms with Crippen LogP contribution in [0.3, 0.4) is 0 Å². The Morgan fingerprint density at radius 3 is 1.91 bits per heavy atom. The van der Waals surface area contributed by atoms with Crippen molar-refractivity contribution in [3.05, 3.63) is 131 Å². The Morgan fingerprint density at radius 1 is 0.810 bits per heavy atom. The normalized spacial score (nSPS) is 22.3. The molecule has 9 rings (SSSR count). The van der Waals surface area contributed by atoms with Crippen LogP contribution in [-0.4, -0.2) is 108 Å². The van der Waals surface area contributed by atoms with E-state index in [0.717, 1.165) is 33.2 Å². The number of carbonyl (C=O) groups is 1. The minimum absolute atomic E-state index is 0.0660. The molecule has 5 aromatic rings. The van der Waals surface area contributed by atoms with E-state index in [9.17, 15) is 5.02 Å². The van der Waals surface area contributed by atoms with Crippen molar-refractivity contribution in [2.45, 2.75) is 83.2 Å². The lowest BCUT2D eigenvalue weighted by molar-refractivity contribution is -0.157. The van der Waals surface area contributed by atoms with E-state index in [1.807, 2.05) is 90.4 Å². The summed E-state index contributed by atoms with van der Waals surface area (Å²) in [6.45, 7) is 8.64. The molecule has 4 aliphatic heterocycles. The second-order valence-corrected chi connectivity index (χ2v) is 16.3. The highest BCUT2D eigenvalue weighted by molar-refractivity contribution is 6.84. The zero-order chi connectivity index (χ0) is 39.8. The van der Waals surface area contributed by atoms with Crippen molar-refractivity contribution < 1.29 is 33.3 Å². The summed E-state index contributed by atoms with van der Waals surface area (Å²) in [5.41, 5.74) is 5.07. The van der Waals surface area contributed by atoms with Crippen LogP contribution in [0.1, 0.15) is 42.5 Å². The number of rotatable bonds is 16. The summed E-state index contributed by atoms with van der Waals surface area (Å²) >= 11 is 0. The fourth-order valence-corrected chi connectivity index (χ4v) is 8.74. The first kappa shape index (κ1) is 38.9. The van der Waals surface area contributed by atoms with Gasteiger partial charge in [0.1, 0.15) is 18.0 Å². The fraction of sp³-hybridized carbons (Fsp3) is 0.395. The standard InChI is InChI=1S/C43H50B3N5O7/c1-43(2)57-39-37(25-31-14-7-4-8-15-31)48(22-13-23-54-28-33-18-11-6-12-19-33)42(52)49(38(40(39)58-43)26-32-16-9-5-10-17-32)27-34-20-21-36-35(24-34)41(47-51(36)44(3)53)50(45-29-55-45)46-30-56-46/h4-12,14-21,24,37-40,53H,13,22-23,25-30H2,1-3H3/t37-,38-,39+,40+/m1/s1. The Kier molecular flexibility index (Phi) is 11.1. The number of ether oxygens (including phenoxy) is 3. The predicted octanol–water partition coefficient (Wildman–Crippen LogP) is 5.50. The van der Waals surface area contributed by atoms with E-state index in [0.29, 0.717) is 64.4 Å². The quantitative estimate of drug-likeness (QED) is 0.0787. The summed E-state index contributed by atoms with van der Waals surface area (Å²) in [6, 6.07) is 36.2. The zero-order valence-electron chi connectivity index (χ0n) is 33.4. The van der Waals surface area contributed by atoms with Gasteiger partial charge in [0, 0.05) is 25.1 Å². The highest BCUT2D eigenvalue weighted by Gasteiger charge is 2.56. The third-order valence-electron chi connectivity index (χ3n) is 11.5. The Labute approximate surface area is 341 Å². The van der Waals surface area contributed by atoms with Crippen molar-refractivity contribution in [3.63, 3.8) is 0 Å². The Bertz CT molecular complexity index is 2160. The van der Waals surface area contributed by atoms with Gasteiger partial charge in [0.15, 0.2) is 5.79 Å². The second kappa shape index (κ2) is 16.6. The van der Waals surface area contributed by atoms with E-state index in [4.69, 9.17) is 28.6 Å². The number of urea groups is 1. The van der Waals surface area contributed by atoms with Crippen LogP contribution in [0.15, 0.2) is 109 Å². The molecule has 0 bridgehead atoms. The third-order valence-corrected chi connectivity index (χ3v) is 11.5. The predicted molar refractivity (Wildman–Crippen MR) is 225 cm³/mol. The van der Waals surface area contributed by atoms with Crippen molar-refractivity contribution in [2.24, 2.45) is 0 Å². The van der Waals surface area contributed by atoms with Gasteiger partial charge < -0.3 is 43.1 Å². The van der Waals surface area contributed by atoms with Crippen LogP contribution in [0.4, 0.5) is 10.6 Å². The van der Waals surface area contributed by atoms with E-state index < -0.39 is 25.0 Å². The van der Waals surface area contributed by atoms with E-state index in [2.05, 4.69) is 47.2 Å². The Hall–Kier alpha value is -4.63. The monoisotopic (exact) mass is 781 g/mol. The molecule has 298 valence electrons. The van der Waals surface area contributed by atoms with Gasteiger partial charge >= 0.3 is 27.2 Å². The largest absolute Gasteiger partial charge is 0.431 e. The number of hydrogen-bond donors (Lipinski definition) is 1. The molecule has 0 aliphatic carbocycles. The maximum Gasteiger partial charge on any atom is 0.431 e. The first-order valence-corrected chi connectivity index (χ1v) is 20.6. The molecule has 4 atom stereocenters. The van der Waals surface area contributed by atoms with E-state index in [-0.39, 0.29) is 32.2 Å². The van der Waals surface area contributed by atoms with Gasteiger partial charge in [0.25, 0.3) is 0 Å². The third kappa shape index (κ3) is 8.43. The summed E-state index contributed by atoms with van der Waals surface area (Å²) in [5, 5.41) is 16.5. The van der Waals surface area contributed by atoms with Gasteiger partial charge in [-0.1, -0.05) is 97.1 Å². The van der Waals surface area contributed by atoms with Crippen molar-refractivity contribution in [1.82, 2.24) is 19.5 Å². The van der Waals surface area contributed by atoms with Crippen LogP contribution in [0.2, 0.25) is 6.82 Å². The molecule has 0 spiro atoms. The van der Waals surface area contributed by atoms with Crippen LogP contribution >= 0.6 is 0 Å². The number of aromatic nitrogens is 2. The molecule has 58 heavy (non-hydrogen) atoms. The van der Waals surface area contributed by atoms with E-state index in [1.54, 1.807) is 11.4 Å². The molecule has 1 aromatic heterocycles. The van der Waals surface area contributed by atoms with Gasteiger partial charge in [-0.05, 0) is 74.3 Å². The smallest absolute Gasteiger partial charge is 0.431 e. The molecular formula is C43H50B3N5O7. The molecule has 2 amide bonds. The van der Waals surface area contributed by atoms with Crippen LogP contribution in [0.25, 0.3) is 10.9 Å². The molecular weight excluding hydrogens is 731 g/mol. The number of nitrogens with zero attached hydrogens (tertiary/aromatic N) is 5. The Morgan fingerprint density at radius 2 is 1.36 bits per heavy atom. The summed E-state index contributed by atoms with van der Waals surface area (Å²) < 4.78 is 35.1. The maximum absolute atomic E-state index is 15.6. The molecule has 15 heteroatoms. The summed E-state index contributed by atoms with van der Waals surface area (Å²) in [4.78, 5) is 19.6.